The second kappa shape index (κ2) is 3.14. The van der Waals surface area contributed by atoms with E-state index in [9.17, 15) is 4.21 Å². The van der Waals surface area contributed by atoms with Crippen LogP contribution in [0.15, 0.2) is 0 Å². The fourth-order valence-electron chi connectivity index (χ4n) is 0.220. The molecule has 0 amide bonds. The van der Waals surface area contributed by atoms with E-state index in [0.717, 1.165) is 0 Å². The van der Waals surface area contributed by atoms with E-state index < -0.39 is 9.92 Å². The molecule has 0 aliphatic rings. The lowest BCUT2D eigenvalue weighted by molar-refractivity contribution is 0.156. The Labute approximate surface area is 55.7 Å². The van der Waals surface area contributed by atoms with Crippen LogP contribution < -0.4 is 4.89 Å². The van der Waals surface area contributed by atoms with E-state index in [0.29, 0.717) is 0 Å². The van der Waals surface area contributed by atoms with Crippen LogP contribution in [-0.4, -0.2) is 16.6 Å². The maximum atomic E-state index is 10.9. The minimum atomic E-state index is -2.72. The van der Waals surface area contributed by atoms with E-state index in [1.54, 1.807) is 13.8 Å². The average Bonchev–Trinajstić information content (AvgIpc) is 1.65. The summed E-state index contributed by atoms with van der Waals surface area (Å²) in [4.78, 5) is 6.47. The van der Waals surface area contributed by atoms with Gasteiger partial charge >= 0.3 is 0 Å². The van der Waals surface area contributed by atoms with Gasteiger partial charge in [-0.15, -0.1) is 4.89 Å². The van der Waals surface area contributed by atoms with Crippen LogP contribution in [0.2, 0.25) is 0 Å². The highest BCUT2D eigenvalue weighted by molar-refractivity contribution is 7.90. The fraction of sp³-hybridized carbons (Fsp3) is 1.00. The third-order valence-corrected chi connectivity index (χ3v) is 2.61. The molecular formula is C4H12N2O2S. The van der Waals surface area contributed by atoms with E-state index in [4.69, 9.17) is 4.78 Å². The molecule has 1 unspecified atom stereocenters. The Morgan fingerprint density at radius 3 is 2.22 bits per heavy atom. The van der Waals surface area contributed by atoms with Crippen molar-refractivity contribution < 1.29 is 9.05 Å². The Morgan fingerprint density at radius 2 is 2.11 bits per heavy atom. The second-order valence-corrected chi connectivity index (χ2v) is 4.25. The van der Waals surface area contributed by atoms with Crippen molar-refractivity contribution in [1.29, 1.82) is 4.78 Å². The minimum absolute atomic E-state index is 0.225. The van der Waals surface area contributed by atoms with Crippen molar-refractivity contribution in [3.05, 3.63) is 0 Å². The summed E-state index contributed by atoms with van der Waals surface area (Å²) in [6.45, 7) is 3.39. The van der Waals surface area contributed by atoms with E-state index in [1.165, 1.54) is 7.11 Å². The summed E-state index contributed by atoms with van der Waals surface area (Å²) >= 11 is 0. The van der Waals surface area contributed by atoms with Crippen molar-refractivity contribution in [2.45, 2.75) is 19.1 Å². The van der Waals surface area contributed by atoms with Crippen molar-refractivity contribution in [1.82, 2.24) is 4.89 Å². The van der Waals surface area contributed by atoms with Gasteiger partial charge in [-0.25, -0.2) is 8.99 Å². The Hall–Kier alpha value is -0.130. The highest BCUT2D eigenvalue weighted by atomic mass is 32.2. The zero-order valence-corrected chi connectivity index (χ0v) is 6.62. The van der Waals surface area contributed by atoms with Gasteiger partial charge in [0.25, 0.3) is 0 Å². The molecule has 56 valence electrons. The summed E-state index contributed by atoms with van der Waals surface area (Å²) in [5.74, 6) is 0. The van der Waals surface area contributed by atoms with Crippen molar-refractivity contribution in [2.75, 3.05) is 7.11 Å². The van der Waals surface area contributed by atoms with Crippen molar-refractivity contribution in [3.63, 3.8) is 0 Å². The molecule has 0 radical (unpaired) electrons. The predicted octanol–water partition coefficient (Wildman–Crippen LogP) is 0.508. The standard InChI is InChI=1S/C4H12N2O2S/c1-4(2)9(5,7)6-8-3/h4H,1-3H3,(H2,5,6,7). The van der Waals surface area contributed by atoms with Gasteiger partial charge in [-0.2, -0.15) is 0 Å². The van der Waals surface area contributed by atoms with Crippen LogP contribution in [0, 0.1) is 4.78 Å². The van der Waals surface area contributed by atoms with Gasteiger partial charge in [0.2, 0.25) is 0 Å². The van der Waals surface area contributed by atoms with Crippen molar-refractivity contribution >= 4 is 9.92 Å². The summed E-state index contributed by atoms with van der Waals surface area (Å²) in [7, 11) is -1.38. The molecule has 9 heavy (non-hydrogen) atoms. The molecule has 0 heterocycles. The number of nitrogens with one attached hydrogen (secondary N) is 2. The Kier molecular flexibility index (Phi) is 3.10. The van der Waals surface area contributed by atoms with Gasteiger partial charge in [0.05, 0.1) is 12.4 Å². The van der Waals surface area contributed by atoms with Gasteiger partial charge in [0, 0.05) is 0 Å². The van der Waals surface area contributed by atoms with Gasteiger partial charge in [-0.3, -0.25) is 4.84 Å². The molecule has 1 atom stereocenters. The van der Waals surface area contributed by atoms with Crippen LogP contribution in [0.1, 0.15) is 13.8 Å². The molecule has 0 aromatic heterocycles. The van der Waals surface area contributed by atoms with Crippen LogP contribution in [0.25, 0.3) is 0 Å². The predicted molar refractivity (Wildman–Crippen MR) is 36.1 cm³/mol. The van der Waals surface area contributed by atoms with E-state index in [-0.39, 0.29) is 5.25 Å². The lowest BCUT2D eigenvalue weighted by Gasteiger charge is -2.09. The van der Waals surface area contributed by atoms with Crippen LogP contribution >= 0.6 is 0 Å². The summed E-state index contributed by atoms with van der Waals surface area (Å²) < 4.78 is 18.0. The highest BCUT2D eigenvalue weighted by Crippen LogP contribution is 1.95. The van der Waals surface area contributed by atoms with E-state index in [1.807, 2.05) is 0 Å². The van der Waals surface area contributed by atoms with Crippen LogP contribution in [-0.2, 0) is 14.8 Å². The average molecular weight is 152 g/mol. The third-order valence-electron chi connectivity index (χ3n) is 0.871. The van der Waals surface area contributed by atoms with E-state index in [2.05, 4.69) is 9.72 Å². The molecule has 5 heteroatoms. The normalized spacial score (nSPS) is 17.8. The van der Waals surface area contributed by atoms with Crippen LogP contribution in [0.5, 0.6) is 0 Å². The molecule has 0 aliphatic carbocycles. The number of rotatable bonds is 3. The Balaban J connectivity index is 4.05. The lowest BCUT2D eigenvalue weighted by Crippen LogP contribution is -2.28. The van der Waals surface area contributed by atoms with E-state index >= 15 is 0 Å². The largest absolute Gasteiger partial charge is 0.292 e. The van der Waals surface area contributed by atoms with Crippen molar-refractivity contribution in [2.24, 2.45) is 0 Å². The second-order valence-electron chi connectivity index (χ2n) is 1.94. The summed E-state index contributed by atoms with van der Waals surface area (Å²) in [5, 5.41) is -0.225. The first-order chi connectivity index (χ1) is 4.00. The molecule has 0 saturated heterocycles. The fourth-order valence-corrected chi connectivity index (χ4v) is 0.660. The van der Waals surface area contributed by atoms with Gasteiger partial charge in [0.15, 0.2) is 0 Å². The molecule has 0 saturated carbocycles. The first-order valence-corrected chi connectivity index (χ1v) is 4.20. The topological polar surface area (TPSA) is 62.2 Å². The van der Waals surface area contributed by atoms with Crippen molar-refractivity contribution in [3.8, 4) is 0 Å². The zero-order chi connectivity index (χ0) is 7.49. The molecule has 0 fully saturated rings. The first-order valence-electron chi connectivity index (χ1n) is 2.58. The molecule has 0 aliphatic heterocycles. The molecule has 4 nitrogen and oxygen atoms in total. The Bertz CT molecular complexity index is 161. The smallest absolute Gasteiger partial charge is 0.129 e. The summed E-state index contributed by atoms with van der Waals surface area (Å²) in [6.07, 6.45) is 0. The zero-order valence-electron chi connectivity index (χ0n) is 5.80. The van der Waals surface area contributed by atoms with Gasteiger partial charge in [-0.1, -0.05) is 0 Å². The minimum Gasteiger partial charge on any atom is -0.292 e. The van der Waals surface area contributed by atoms with Crippen LogP contribution in [0.4, 0.5) is 0 Å². The first kappa shape index (κ1) is 8.87. The Morgan fingerprint density at radius 1 is 1.67 bits per heavy atom. The van der Waals surface area contributed by atoms with Crippen LogP contribution in [0.3, 0.4) is 0 Å². The molecule has 0 aromatic carbocycles. The lowest BCUT2D eigenvalue weighted by atomic mass is 10.6. The molecule has 0 spiro atoms. The monoisotopic (exact) mass is 152 g/mol. The highest BCUT2D eigenvalue weighted by Gasteiger charge is 2.09. The molecule has 0 rings (SSSR count). The van der Waals surface area contributed by atoms with Gasteiger partial charge in [-0.05, 0) is 13.8 Å². The quantitative estimate of drug-likeness (QED) is 0.579. The van der Waals surface area contributed by atoms with Gasteiger partial charge < -0.3 is 0 Å². The number of hydrogen-bond acceptors (Lipinski definition) is 3. The summed E-state index contributed by atoms with van der Waals surface area (Å²) in [5.41, 5.74) is 0. The van der Waals surface area contributed by atoms with Gasteiger partial charge in [0.1, 0.15) is 9.92 Å². The molecular weight excluding hydrogens is 140 g/mol. The third kappa shape index (κ3) is 2.78. The summed E-state index contributed by atoms with van der Waals surface area (Å²) in [6, 6.07) is 0. The molecule has 0 aromatic rings. The molecule has 0 bridgehead atoms. The SMILES string of the molecule is CONS(=N)(=O)C(C)C. The number of hydrogen-bond donors (Lipinski definition) is 2. The maximum Gasteiger partial charge on any atom is 0.129 e. The molecule has 2 N–H and O–H groups in total. The maximum absolute atomic E-state index is 10.9.